The van der Waals surface area contributed by atoms with Gasteiger partial charge in [0, 0.05) is 5.69 Å². The number of fused-ring (bicyclic) bond motifs is 1. The zero-order valence-electron chi connectivity index (χ0n) is 16.6. The van der Waals surface area contributed by atoms with Crippen molar-refractivity contribution in [3.05, 3.63) is 78.4 Å². The highest BCUT2D eigenvalue weighted by Crippen LogP contribution is 2.51. The van der Waals surface area contributed by atoms with Gasteiger partial charge < -0.3 is 5.32 Å². The zero-order chi connectivity index (χ0) is 20.7. The van der Waals surface area contributed by atoms with Gasteiger partial charge in [0.25, 0.3) is 0 Å². The second-order valence-electron chi connectivity index (χ2n) is 8.43. The van der Waals surface area contributed by atoms with Crippen LogP contribution in [0.2, 0.25) is 0 Å². The molecule has 1 saturated heterocycles. The van der Waals surface area contributed by atoms with E-state index in [0.717, 1.165) is 18.4 Å². The van der Waals surface area contributed by atoms with Crippen LogP contribution in [-0.4, -0.2) is 22.6 Å². The van der Waals surface area contributed by atoms with Gasteiger partial charge in [-0.15, -0.1) is 0 Å². The topological polar surface area (TPSA) is 66.5 Å². The van der Waals surface area contributed by atoms with Crippen molar-refractivity contribution in [1.82, 2.24) is 4.90 Å². The molecule has 1 aliphatic heterocycles. The third-order valence-electron chi connectivity index (χ3n) is 6.73. The molecule has 3 amide bonds. The van der Waals surface area contributed by atoms with E-state index in [1.807, 2.05) is 60.7 Å². The number of imide groups is 1. The number of anilines is 1. The monoisotopic (exact) mass is 400 g/mol. The summed E-state index contributed by atoms with van der Waals surface area (Å²) in [6.45, 7) is 0. The second-order valence-corrected chi connectivity index (χ2v) is 8.43. The third kappa shape index (κ3) is 3.15. The van der Waals surface area contributed by atoms with Crippen molar-refractivity contribution < 1.29 is 14.4 Å². The molecule has 2 aromatic carbocycles. The maximum absolute atomic E-state index is 13.4. The summed E-state index contributed by atoms with van der Waals surface area (Å²) in [4.78, 5) is 41.1. The molecule has 5 nitrogen and oxygen atoms in total. The molecule has 2 aromatic rings. The first-order chi connectivity index (χ1) is 14.6. The van der Waals surface area contributed by atoms with Crippen LogP contribution < -0.4 is 5.32 Å². The summed E-state index contributed by atoms with van der Waals surface area (Å²) in [5, 5.41) is 2.89. The van der Waals surface area contributed by atoms with Crippen LogP contribution in [0.3, 0.4) is 0 Å². The molecule has 5 heteroatoms. The summed E-state index contributed by atoms with van der Waals surface area (Å²) in [6, 6.07) is 18.0. The maximum Gasteiger partial charge on any atom is 0.234 e. The van der Waals surface area contributed by atoms with Crippen molar-refractivity contribution in [3.63, 3.8) is 0 Å². The van der Waals surface area contributed by atoms with Crippen molar-refractivity contribution in [3.8, 4) is 0 Å². The fourth-order valence-corrected chi connectivity index (χ4v) is 5.35. The van der Waals surface area contributed by atoms with Crippen LogP contribution >= 0.6 is 0 Å². The Labute approximate surface area is 175 Å². The van der Waals surface area contributed by atoms with Gasteiger partial charge in [0.15, 0.2) is 0 Å². The Morgan fingerprint density at radius 3 is 1.93 bits per heavy atom. The Morgan fingerprint density at radius 2 is 1.40 bits per heavy atom. The molecule has 152 valence electrons. The Balaban J connectivity index is 1.45. The van der Waals surface area contributed by atoms with Crippen LogP contribution in [0.25, 0.3) is 0 Å². The molecule has 4 aliphatic rings. The number of hydrogen-bond acceptors (Lipinski definition) is 3. The largest absolute Gasteiger partial charge is 0.326 e. The van der Waals surface area contributed by atoms with Gasteiger partial charge in [-0.05, 0) is 42.4 Å². The Kier molecular flexibility index (Phi) is 4.74. The molecule has 2 bridgehead atoms. The minimum atomic E-state index is -0.597. The first kappa shape index (κ1) is 18.8. The molecule has 2 fully saturated rings. The van der Waals surface area contributed by atoms with E-state index < -0.39 is 6.04 Å². The van der Waals surface area contributed by atoms with Crippen LogP contribution in [0, 0.1) is 23.7 Å². The number of amides is 3. The lowest BCUT2D eigenvalue weighted by Crippen LogP contribution is -2.38. The molecule has 0 radical (unpaired) electrons. The highest BCUT2D eigenvalue weighted by Gasteiger charge is 2.58. The minimum absolute atomic E-state index is 0.0403. The van der Waals surface area contributed by atoms with Crippen LogP contribution in [0.1, 0.15) is 30.9 Å². The zero-order valence-corrected chi connectivity index (χ0v) is 16.6. The van der Waals surface area contributed by atoms with Gasteiger partial charge in [0.05, 0.1) is 24.3 Å². The fraction of sp³-hybridized carbons (Fsp3) is 0.320. The summed E-state index contributed by atoms with van der Waals surface area (Å²) >= 11 is 0. The third-order valence-corrected chi connectivity index (χ3v) is 6.73. The SMILES string of the molecule is O=C(C[C@H](c1ccccc1)N1C(=O)[C@@H]2[C@@H](C1=O)[C@H]1C=C[C@H]2CC1)Nc1ccccc1. The second kappa shape index (κ2) is 7.56. The molecule has 0 aromatic heterocycles. The molecule has 6 rings (SSSR count). The number of allylic oxidation sites excluding steroid dienone is 2. The van der Waals surface area contributed by atoms with E-state index in [-0.39, 0.29) is 47.8 Å². The molecule has 30 heavy (non-hydrogen) atoms. The predicted molar refractivity (Wildman–Crippen MR) is 113 cm³/mol. The number of likely N-dealkylation sites (tertiary alicyclic amines) is 1. The number of carbonyl (C=O) groups excluding carboxylic acids is 3. The fourth-order valence-electron chi connectivity index (χ4n) is 5.35. The van der Waals surface area contributed by atoms with Gasteiger partial charge in [0.1, 0.15) is 0 Å². The van der Waals surface area contributed by atoms with E-state index >= 15 is 0 Å². The van der Waals surface area contributed by atoms with E-state index in [1.54, 1.807) is 0 Å². The van der Waals surface area contributed by atoms with Crippen LogP contribution in [0.4, 0.5) is 5.69 Å². The van der Waals surface area contributed by atoms with E-state index in [0.29, 0.717) is 5.69 Å². The molecule has 5 atom stereocenters. The van der Waals surface area contributed by atoms with Gasteiger partial charge >= 0.3 is 0 Å². The van der Waals surface area contributed by atoms with Crippen molar-refractivity contribution in [2.75, 3.05) is 5.32 Å². The maximum atomic E-state index is 13.4. The Morgan fingerprint density at radius 1 is 0.867 bits per heavy atom. The molecule has 1 saturated carbocycles. The van der Waals surface area contributed by atoms with Gasteiger partial charge in [-0.3, -0.25) is 19.3 Å². The summed E-state index contributed by atoms with van der Waals surface area (Å²) in [5.41, 5.74) is 1.51. The van der Waals surface area contributed by atoms with Crippen LogP contribution in [-0.2, 0) is 14.4 Å². The van der Waals surface area contributed by atoms with Gasteiger partial charge in [-0.1, -0.05) is 60.7 Å². The molecule has 3 aliphatic carbocycles. The lowest BCUT2D eigenvalue weighted by molar-refractivity contribution is -0.143. The quantitative estimate of drug-likeness (QED) is 0.610. The molecule has 1 heterocycles. The van der Waals surface area contributed by atoms with Gasteiger partial charge in [-0.2, -0.15) is 0 Å². The predicted octanol–water partition coefficient (Wildman–Crippen LogP) is 3.95. The number of benzene rings is 2. The Hall–Kier alpha value is -3.21. The van der Waals surface area contributed by atoms with E-state index in [4.69, 9.17) is 0 Å². The lowest BCUT2D eigenvalue weighted by atomic mass is 9.63. The number of nitrogens with one attached hydrogen (secondary N) is 1. The van der Waals surface area contributed by atoms with E-state index in [9.17, 15) is 14.4 Å². The minimum Gasteiger partial charge on any atom is -0.326 e. The lowest BCUT2D eigenvalue weighted by Gasteiger charge is -2.38. The molecular weight excluding hydrogens is 376 g/mol. The van der Waals surface area contributed by atoms with Crippen molar-refractivity contribution in [1.29, 1.82) is 0 Å². The highest BCUT2D eigenvalue weighted by molar-refractivity contribution is 6.07. The first-order valence-electron chi connectivity index (χ1n) is 10.6. The molecule has 1 N–H and O–H groups in total. The van der Waals surface area contributed by atoms with Crippen LogP contribution in [0.15, 0.2) is 72.8 Å². The van der Waals surface area contributed by atoms with Crippen molar-refractivity contribution in [2.24, 2.45) is 23.7 Å². The number of rotatable bonds is 5. The van der Waals surface area contributed by atoms with Gasteiger partial charge in [-0.25, -0.2) is 0 Å². The summed E-state index contributed by atoms with van der Waals surface area (Å²) in [6.07, 6.45) is 6.19. The average Bonchev–Trinajstić information content (AvgIpc) is 3.07. The number of hydrogen-bond donors (Lipinski definition) is 1. The molecule has 0 unspecified atom stereocenters. The van der Waals surface area contributed by atoms with Crippen LogP contribution in [0.5, 0.6) is 0 Å². The summed E-state index contributed by atoms with van der Waals surface area (Å²) in [5.74, 6) is -0.733. The van der Waals surface area contributed by atoms with E-state index in [1.165, 1.54) is 4.90 Å². The smallest absolute Gasteiger partial charge is 0.234 e. The molecule has 0 spiro atoms. The first-order valence-corrected chi connectivity index (χ1v) is 10.6. The summed E-state index contributed by atoms with van der Waals surface area (Å²) < 4.78 is 0. The number of nitrogens with zero attached hydrogens (tertiary/aromatic N) is 1. The highest BCUT2D eigenvalue weighted by atomic mass is 16.2. The van der Waals surface area contributed by atoms with E-state index in [2.05, 4.69) is 17.5 Å². The normalized spacial score (nSPS) is 27.8. The molecular formula is C25H24N2O3. The number of carbonyl (C=O) groups is 3. The van der Waals surface area contributed by atoms with Crippen molar-refractivity contribution >= 4 is 23.4 Å². The van der Waals surface area contributed by atoms with Crippen molar-refractivity contribution in [2.45, 2.75) is 25.3 Å². The number of para-hydroxylation sites is 1. The average molecular weight is 400 g/mol. The summed E-state index contributed by atoms with van der Waals surface area (Å²) in [7, 11) is 0. The standard InChI is InChI=1S/C25H24N2O3/c28-21(26-19-9-5-2-6-10-19)15-20(16-7-3-1-4-8-16)27-24(29)22-17-11-12-18(14-13-17)23(22)25(27)30/h1-12,17-18,20,22-23H,13-15H2,(H,26,28)/t17-,18-,20+,22-,23-/m0/s1. The Bertz CT molecular complexity index is 970. The van der Waals surface area contributed by atoms with Gasteiger partial charge in [0.2, 0.25) is 17.7 Å².